The van der Waals surface area contributed by atoms with Gasteiger partial charge >= 0.3 is 29.6 Å². The molecule has 1 N–H and O–H groups in total. The van der Waals surface area contributed by atoms with Crippen LogP contribution in [0.15, 0.2) is 0 Å². The largest absolute Gasteiger partial charge is 1.00 e. The first-order valence-corrected chi connectivity index (χ1v) is 12.5. The maximum Gasteiger partial charge on any atom is 1.00 e. The molecular weight excluding hydrogens is 371 g/mol. The molecule has 0 rings (SSSR count). The van der Waals surface area contributed by atoms with Gasteiger partial charge in [0, 0.05) is 5.25 Å². The van der Waals surface area contributed by atoms with E-state index in [-0.39, 0.29) is 35.7 Å². The fourth-order valence-electron chi connectivity index (χ4n) is 3.45. The summed E-state index contributed by atoms with van der Waals surface area (Å²) in [5.41, 5.74) is 0. The summed E-state index contributed by atoms with van der Waals surface area (Å²) in [6, 6.07) is 0. The van der Waals surface area contributed by atoms with Crippen LogP contribution in [-0.2, 0) is 10.1 Å². The fourth-order valence-corrected chi connectivity index (χ4v) is 4.36. The van der Waals surface area contributed by atoms with Crippen molar-refractivity contribution in [2.45, 2.75) is 134 Å². The van der Waals surface area contributed by atoms with E-state index in [9.17, 15) is 18.1 Å². The molecule has 6 heteroatoms. The molecule has 27 heavy (non-hydrogen) atoms. The number of aliphatic hydroxyl groups is 1. The Morgan fingerprint density at radius 1 is 0.667 bits per heavy atom. The van der Waals surface area contributed by atoms with Crippen molar-refractivity contribution in [3.05, 3.63) is 0 Å². The molecule has 158 valence electrons. The Morgan fingerprint density at radius 3 is 1.48 bits per heavy atom. The summed E-state index contributed by atoms with van der Waals surface area (Å²) in [6.07, 6.45) is 17.1. The monoisotopic (exact) mass is 414 g/mol. The van der Waals surface area contributed by atoms with E-state index in [1.807, 2.05) is 6.92 Å². The molecular formula is C21H43NaO4S. The van der Waals surface area contributed by atoms with Crippen LogP contribution >= 0.6 is 0 Å². The van der Waals surface area contributed by atoms with E-state index in [2.05, 4.69) is 6.92 Å². The fraction of sp³-hybridized carbons (Fsp3) is 1.00. The predicted molar refractivity (Wildman–Crippen MR) is 109 cm³/mol. The number of hydrogen-bond acceptors (Lipinski definition) is 4. The summed E-state index contributed by atoms with van der Waals surface area (Å²) in [4.78, 5) is 0. The van der Waals surface area contributed by atoms with Gasteiger partial charge in [-0.25, -0.2) is 8.42 Å². The van der Waals surface area contributed by atoms with Crippen LogP contribution in [0.5, 0.6) is 0 Å². The number of hydrogen-bond donors (Lipinski definition) is 1. The van der Waals surface area contributed by atoms with Gasteiger partial charge in [0.15, 0.2) is 0 Å². The molecule has 0 radical (unpaired) electrons. The quantitative estimate of drug-likeness (QED) is 0.200. The average Bonchev–Trinajstić information content (AvgIpc) is 2.58. The topological polar surface area (TPSA) is 77.4 Å². The molecule has 0 bridgehead atoms. The maximum atomic E-state index is 11.3. The van der Waals surface area contributed by atoms with E-state index in [1.54, 1.807) is 0 Å². The van der Waals surface area contributed by atoms with E-state index in [0.29, 0.717) is 12.8 Å². The minimum absolute atomic E-state index is 0. The third-order valence-corrected chi connectivity index (χ3v) is 6.53. The Kier molecular flexibility index (Phi) is 22.4. The van der Waals surface area contributed by atoms with Crippen molar-refractivity contribution < 1.29 is 47.6 Å². The van der Waals surface area contributed by atoms with E-state index in [0.717, 1.165) is 57.8 Å². The van der Waals surface area contributed by atoms with Gasteiger partial charge in [-0.2, -0.15) is 0 Å². The van der Waals surface area contributed by atoms with Crippen molar-refractivity contribution >= 4 is 10.1 Å². The van der Waals surface area contributed by atoms with Crippen LogP contribution in [0.1, 0.15) is 123 Å². The minimum atomic E-state index is -4.13. The van der Waals surface area contributed by atoms with Gasteiger partial charge in [-0.05, 0) is 25.7 Å². The second kappa shape index (κ2) is 20.2. The van der Waals surface area contributed by atoms with Gasteiger partial charge in [0.2, 0.25) is 0 Å². The third-order valence-electron chi connectivity index (χ3n) is 5.24. The van der Waals surface area contributed by atoms with Gasteiger partial charge in [-0.15, -0.1) is 0 Å². The van der Waals surface area contributed by atoms with Crippen LogP contribution in [0.25, 0.3) is 0 Å². The van der Waals surface area contributed by atoms with Crippen molar-refractivity contribution in [1.82, 2.24) is 0 Å². The van der Waals surface area contributed by atoms with Crippen LogP contribution in [0.4, 0.5) is 0 Å². The van der Waals surface area contributed by atoms with Crippen LogP contribution in [0.3, 0.4) is 0 Å². The van der Waals surface area contributed by atoms with Crippen molar-refractivity contribution in [1.29, 1.82) is 0 Å². The predicted octanol–water partition coefficient (Wildman–Crippen LogP) is 2.94. The van der Waals surface area contributed by atoms with E-state index >= 15 is 0 Å². The molecule has 2 atom stereocenters. The number of aliphatic hydroxyl groups excluding tert-OH is 1. The molecule has 0 spiro atoms. The zero-order valence-electron chi connectivity index (χ0n) is 18.3. The van der Waals surface area contributed by atoms with Crippen LogP contribution in [0, 0.1) is 0 Å². The summed E-state index contributed by atoms with van der Waals surface area (Å²) < 4.78 is 33.8. The van der Waals surface area contributed by atoms with E-state index in [1.165, 1.54) is 38.5 Å². The Morgan fingerprint density at radius 2 is 1.04 bits per heavy atom. The summed E-state index contributed by atoms with van der Waals surface area (Å²) >= 11 is 0. The van der Waals surface area contributed by atoms with Gasteiger partial charge < -0.3 is 9.66 Å². The first-order chi connectivity index (χ1) is 12.4. The third kappa shape index (κ3) is 19.9. The zero-order valence-corrected chi connectivity index (χ0v) is 21.1. The molecule has 0 aliphatic heterocycles. The standard InChI is InChI=1S/C21H44O4S.Na/c1-3-5-13-16-20(22)17-14-11-9-7-8-10-12-15-19-21(18-6-4-2)26(23,24)25;/h20-22H,3-19H2,1-2H3,(H,23,24,25);/q;+1/p-1. The van der Waals surface area contributed by atoms with Crippen molar-refractivity contribution in [2.75, 3.05) is 0 Å². The smallest absolute Gasteiger partial charge is 0.748 e. The van der Waals surface area contributed by atoms with Crippen LogP contribution in [0.2, 0.25) is 0 Å². The first-order valence-electron chi connectivity index (χ1n) is 11.0. The Hall–Kier alpha value is 0.870. The van der Waals surface area contributed by atoms with Gasteiger partial charge in [0.1, 0.15) is 0 Å². The number of unbranched alkanes of at least 4 members (excludes halogenated alkanes) is 10. The number of rotatable bonds is 19. The summed E-state index contributed by atoms with van der Waals surface area (Å²) in [7, 11) is -4.13. The molecule has 4 nitrogen and oxygen atoms in total. The zero-order chi connectivity index (χ0) is 19.7. The average molecular weight is 415 g/mol. The van der Waals surface area contributed by atoms with Gasteiger partial charge in [0.05, 0.1) is 16.2 Å². The molecule has 0 aromatic carbocycles. The first kappa shape index (κ1) is 30.1. The molecule has 0 amide bonds. The summed E-state index contributed by atoms with van der Waals surface area (Å²) in [5, 5.41) is 9.19. The van der Waals surface area contributed by atoms with Gasteiger partial charge in [0.25, 0.3) is 0 Å². The SMILES string of the molecule is CCCCCC(O)CCCCCCCCCCC(CCCC)S(=O)(=O)[O-].[Na+]. The van der Waals surface area contributed by atoms with Gasteiger partial charge in [-0.3, -0.25) is 0 Å². The summed E-state index contributed by atoms with van der Waals surface area (Å²) in [5.74, 6) is 0. The molecule has 0 heterocycles. The molecule has 0 saturated heterocycles. The normalized spacial score (nSPS) is 13.9. The molecule has 0 fully saturated rings. The Labute approximate surface area is 191 Å². The molecule has 0 saturated carbocycles. The molecule has 0 aliphatic carbocycles. The van der Waals surface area contributed by atoms with Gasteiger partial charge in [-0.1, -0.05) is 97.3 Å². The van der Waals surface area contributed by atoms with Crippen molar-refractivity contribution in [2.24, 2.45) is 0 Å². The van der Waals surface area contributed by atoms with E-state index < -0.39 is 15.4 Å². The molecule has 0 aromatic heterocycles. The Bertz CT molecular complexity index is 401. The van der Waals surface area contributed by atoms with Crippen molar-refractivity contribution in [3.8, 4) is 0 Å². The van der Waals surface area contributed by atoms with E-state index in [4.69, 9.17) is 0 Å². The second-order valence-corrected chi connectivity index (χ2v) is 9.46. The molecule has 2 unspecified atom stereocenters. The van der Waals surface area contributed by atoms with Crippen molar-refractivity contribution in [3.63, 3.8) is 0 Å². The maximum absolute atomic E-state index is 11.3. The molecule has 0 aliphatic rings. The van der Waals surface area contributed by atoms with Crippen LogP contribution < -0.4 is 29.6 Å². The summed E-state index contributed by atoms with van der Waals surface area (Å²) in [6.45, 7) is 4.20. The Balaban J connectivity index is 0. The molecule has 0 aromatic rings. The minimum Gasteiger partial charge on any atom is -0.748 e. The van der Waals surface area contributed by atoms with Crippen LogP contribution in [-0.4, -0.2) is 29.4 Å². The second-order valence-electron chi connectivity index (χ2n) is 7.81.